The van der Waals surface area contributed by atoms with E-state index in [-0.39, 0.29) is 5.82 Å². The zero-order chi connectivity index (χ0) is 10.8. The van der Waals surface area contributed by atoms with Crippen LogP contribution in [0.5, 0.6) is 0 Å². The molecule has 0 unspecified atom stereocenters. The minimum Gasteiger partial charge on any atom is -0.365 e. The van der Waals surface area contributed by atoms with Crippen LogP contribution >= 0.6 is 11.3 Å². The van der Waals surface area contributed by atoms with Crippen LogP contribution in [0, 0.1) is 5.82 Å². The SMILES string of the molecule is NC(=O)c1cnc(-c2ccccc2F)s1. The van der Waals surface area contributed by atoms with Crippen LogP contribution in [0.15, 0.2) is 30.5 Å². The Morgan fingerprint density at radius 1 is 1.40 bits per heavy atom. The fraction of sp³-hybridized carbons (Fsp3) is 0. The maximum absolute atomic E-state index is 13.3. The molecule has 2 N–H and O–H groups in total. The lowest BCUT2D eigenvalue weighted by Gasteiger charge is -1.96. The highest BCUT2D eigenvalue weighted by Gasteiger charge is 2.11. The number of carbonyl (C=O) groups is 1. The molecule has 0 aliphatic carbocycles. The predicted molar refractivity (Wildman–Crippen MR) is 56.0 cm³/mol. The molecule has 0 aliphatic heterocycles. The Balaban J connectivity index is 2.46. The van der Waals surface area contributed by atoms with Crippen LogP contribution in [-0.4, -0.2) is 10.9 Å². The summed E-state index contributed by atoms with van der Waals surface area (Å²) in [6, 6.07) is 6.27. The monoisotopic (exact) mass is 222 g/mol. The van der Waals surface area contributed by atoms with E-state index in [1.54, 1.807) is 18.2 Å². The van der Waals surface area contributed by atoms with Gasteiger partial charge in [-0.3, -0.25) is 4.79 Å². The molecule has 0 saturated carbocycles. The zero-order valence-corrected chi connectivity index (χ0v) is 8.42. The highest BCUT2D eigenvalue weighted by atomic mass is 32.1. The molecule has 5 heteroatoms. The predicted octanol–water partition coefficient (Wildman–Crippen LogP) is 2.05. The maximum Gasteiger partial charge on any atom is 0.260 e. The summed E-state index contributed by atoms with van der Waals surface area (Å²) in [6.45, 7) is 0. The van der Waals surface area contributed by atoms with Gasteiger partial charge in [-0.15, -0.1) is 11.3 Å². The van der Waals surface area contributed by atoms with E-state index in [2.05, 4.69) is 4.98 Å². The number of aromatic nitrogens is 1. The van der Waals surface area contributed by atoms with E-state index in [0.29, 0.717) is 15.4 Å². The molecular weight excluding hydrogens is 215 g/mol. The fourth-order valence-electron chi connectivity index (χ4n) is 1.15. The molecule has 0 radical (unpaired) electrons. The number of thiazole rings is 1. The second-order valence-corrected chi connectivity index (χ2v) is 3.90. The summed E-state index contributed by atoms with van der Waals surface area (Å²) in [5, 5.41) is 0.460. The van der Waals surface area contributed by atoms with E-state index >= 15 is 0 Å². The van der Waals surface area contributed by atoms with Gasteiger partial charge in [-0.2, -0.15) is 0 Å². The van der Waals surface area contributed by atoms with Crippen molar-refractivity contribution in [3.8, 4) is 10.6 Å². The van der Waals surface area contributed by atoms with Crippen molar-refractivity contribution in [2.24, 2.45) is 5.73 Å². The van der Waals surface area contributed by atoms with Crippen molar-refractivity contribution in [3.63, 3.8) is 0 Å². The molecule has 2 aromatic rings. The van der Waals surface area contributed by atoms with Gasteiger partial charge in [0.05, 0.1) is 6.20 Å². The van der Waals surface area contributed by atoms with Gasteiger partial charge in [0.2, 0.25) is 0 Å². The number of amides is 1. The number of halogens is 1. The van der Waals surface area contributed by atoms with Crippen molar-refractivity contribution >= 4 is 17.2 Å². The first-order valence-corrected chi connectivity index (χ1v) is 5.00. The van der Waals surface area contributed by atoms with Crippen molar-refractivity contribution in [1.29, 1.82) is 0 Å². The van der Waals surface area contributed by atoms with Crippen LogP contribution in [0.3, 0.4) is 0 Å². The topological polar surface area (TPSA) is 56.0 Å². The minimum atomic E-state index is -0.546. The first kappa shape index (κ1) is 9.79. The highest BCUT2D eigenvalue weighted by Crippen LogP contribution is 2.26. The van der Waals surface area contributed by atoms with E-state index in [4.69, 9.17) is 5.73 Å². The summed E-state index contributed by atoms with van der Waals surface area (Å²) in [5.74, 6) is -0.905. The lowest BCUT2D eigenvalue weighted by Crippen LogP contribution is -2.08. The first-order chi connectivity index (χ1) is 7.18. The zero-order valence-electron chi connectivity index (χ0n) is 7.61. The van der Waals surface area contributed by atoms with E-state index in [1.165, 1.54) is 12.3 Å². The van der Waals surface area contributed by atoms with E-state index < -0.39 is 5.91 Å². The van der Waals surface area contributed by atoms with E-state index in [9.17, 15) is 9.18 Å². The Bertz CT molecular complexity index is 510. The van der Waals surface area contributed by atoms with Crippen LogP contribution in [0.1, 0.15) is 9.67 Å². The van der Waals surface area contributed by atoms with Crippen LogP contribution in [0.25, 0.3) is 10.6 Å². The average molecular weight is 222 g/mol. The van der Waals surface area contributed by atoms with Crippen molar-refractivity contribution in [2.75, 3.05) is 0 Å². The highest BCUT2D eigenvalue weighted by molar-refractivity contribution is 7.16. The van der Waals surface area contributed by atoms with Gasteiger partial charge in [-0.1, -0.05) is 12.1 Å². The standard InChI is InChI=1S/C10H7FN2OS/c11-7-4-2-1-3-6(7)10-13-5-8(15-10)9(12)14/h1-5H,(H2,12,14). The van der Waals surface area contributed by atoms with Gasteiger partial charge in [0, 0.05) is 5.56 Å². The number of hydrogen-bond acceptors (Lipinski definition) is 3. The molecule has 0 fully saturated rings. The summed E-state index contributed by atoms with van der Waals surface area (Å²) in [6.07, 6.45) is 1.36. The fourth-order valence-corrected chi connectivity index (χ4v) is 1.94. The quantitative estimate of drug-likeness (QED) is 0.845. The summed E-state index contributed by atoms with van der Waals surface area (Å²) in [5.41, 5.74) is 5.47. The molecule has 3 nitrogen and oxygen atoms in total. The molecule has 0 saturated heterocycles. The molecule has 0 aliphatic rings. The average Bonchev–Trinajstić information content (AvgIpc) is 2.67. The Morgan fingerprint density at radius 3 is 2.73 bits per heavy atom. The molecule has 2 rings (SSSR count). The number of rotatable bonds is 2. The van der Waals surface area contributed by atoms with Crippen LogP contribution in [0.2, 0.25) is 0 Å². The Labute approximate surface area is 89.4 Å². The number of nitrogens with zero attached hydrogens (tertiary/aromatic N) is 1. The molecule has 1 heterocycles. The summed E-state index contributed by atoms with van der Waals surface area (Å²) in [7, 11) is 0. The van der Waals surface area contributed by atoms with Gasteiger partial charge in [0.15, 0.2) is 0 Å². The van der Waals surface area contributed by atoms with Gasteiger partial charge in [0.25, 0.3) is 5.91 Å². The Hall–Kier alpha value is -1.75. The van der Waals surface area contributed by atoms with Gasteiger partial charge in [-0.25, -0.2) is 9.37 Å². The van der Waals surface area contributed by atoms with Crippen LogP contribution in [-0.2, 0) is 0 Å². The minimum absolute atomic E-state index is 0.327. The molecular formula is C10H7FN2OS. The molecule has 1 aromatic heterocycles. The Kier molecular flexibility index (Phi) is 2.47. The van der Waals surface area contributed by atoms with E-state index in [0.717, 1.165) is 11.3 Å². The summed E-state index contributed by atoms with van der Waals surface area (Å²) in [4.78, 5) is 15.1. The maximum atomic E-state index is 13.3. The molecule has 0 atom stereocenters. The van der Waals surface area contributed by atoms with Gasteiger partial charge >= 0.3 is 0 Å². The number of primary amides is 1. The normalized spacial score (nSPS) is 10.2. The second kappa shape index (κ2) is 3.78. The lowest BCUT2D eigenvalue weighted by molar-refractivity contribution is 0.100. The molecule has 15 heavy (non-hydrogen) atoms. The molecule has 1 amide bonds. The van der Waals surface area contributed by atoms with Gasteiger partial charge in [-0.05, 0) is 12.1 Å². The Morgan fingerprint density at radius 2 is 2.13 bits per heavy atom. The number of benzene rings is 1. The third-order valence-corrected chi connectivity index (χ3v) is 2.90. The third-order valence-electron chi connectivity index (χ3n) is 1.85. The van der Waals surface area contributed by atoms with Crippen molar-refractivity contribution in [1.82, 2.24) is 4.98 Å². The molecule has 0 spiro atoms. The van der Waals surface area contributed by atoms with Crippen molar-refractivity contribution in [2.45, 2.75) is 0 Å². The largest absolute Gasteiger partial charge is 0.365 e. The third kappa shape index (κ3) is 1.87. The van der Waals surface area contributed by atoms with E-state index in [1.807, 2.05) is 0 Å². The van der Waals surface area contributed by atoms with Crippen molar-refractivity contribution < 1.29 is 9.18 Å². The summed E-state index contributed by atoms with van der Waals surface area (Å²) < 4.78 is 13.3. The lowest BCUT2D eigenvalue weighted by atomic mass is 10.2. The van der Waals surface area contributed by atoms with Crippen LogP contribution in [0.4, 0.5) is 4.39 Å². The second-order valence-electron chi connectivity index (χ2n) is 2.87. The molecule has 0 bridgehead atoms. The van der Waals surface area contributed by atoms with Gasteiger partial charge < -0.3 is 5.73 Å². The summed E-state index contributed by atoms with van der Waals surface area (Å²) >= 11 is 1.08. The van der Waals surface area contributed by atoms with Crippen molar-refractivity contribution in [3.05, 3.63) is 41.2 Å². The molecule has 76 valence electrons. The van der Waals surface area contributed by atoms with Crippen LogP contribution < -0.4 is 5.73 Å². The van der Waals surface area contributed by atoms with Gasteiger partial charge in [0.1, 0.15) is 15.7 Å². The number of hydrogen-bond donors (Lipinski definition) is 1. The first-order valence-electron chi connectivity index (χ1n) is 4.19. The number of nitrogens with two attached hydrogens (primary N) is 1. The smallest absolute Gasteiger partial charge is 0.260 e. The number of carbonyl (C=O) groups excluding carboxylic acids is 1. The molecule has 1 aromatic carbocycles.